The summed E-state index contributed by atoms with van der Waals surface area (Å²) in [5, 5.41) is 8.89. The maximum Gasteiger partial charge on any atom is 0.306 e. The van der Waals surface area contributed by atoms with Gasteiger partial charge in [-0.25, -0.2) is 0 Å². The summed E-state index contributed by atoms with van der Waals surface area (Å²) in [7, 11) is 0. The third-order valence-electron chi connectivity index (χ3n) is 2.87. The van der Waals surface area contributed by atoms with Crippen LogP contribution in [0.3, 0.4) is 0 Å². The first kappa shape index (κ1) is 36.0. The van der Waals surface area contributed by atoms with E-state index in [1.807, 2.05) is 62.3 Å². The molecule has 0 saturated heterocycles. The Hall–Kier alpha value is -0.440. The number of hydrogen-bond donors (Lipinski definition) is 1. The maximum atomic E-state index is 11.4. The zero-order chi connectivity index (χ0) is 21.8. The van der Waals surface area contributed by atoms with Crippen molar-refractivity contribution in [2.45, 2.75) is 124 Å². The summed E-state index contributed by atoms with van der Waals surface area (Å²) in [5.74, 6) is -0.398. The molecule has 0 aliphatic rings. The fraction of sp³-hybridized carbons (Fsp3) is 0.905. The van der Waals surface area contributed by atoms with Gasteiger partial charge in [0.05, 0.1) is 18.3 Å². The van der Waals surface area contributed by atoms with Crippen molar-refractivity contribution in [1.82, 2.24) is 0 Å². The van der Waals surface area contributed by atoms with Crippen LogP contribution in [0.15, 0.2) is 0 Å². The SMILES string of the molecule is CC(C)O[C@@H](C)CCC(=O)OC(C)(C)C.C[C@H](O)CCC(=O)OC(C)(C)C.S.S. The summed E-state index contributed by atoms with van der Waals surface area (Å²) >= 11 is 0. The molecule has 29 heavy (non-hydrogen) atoms. The van der Waals surface area contributed by atoms with Gasteiger partial charge in [0.1, 0.15) is 11.2 Å². The van der Waals surface area contributed by atoms with E-state index in [0.29, 0.717) is 19.3 Å². The Labute approximate surface area is 192 Å². The number of hydrogen-bond acceptors (Lipinski definition) is 6. The summed E-state index contributed by atoms with van der Waals surface area (Å²) < 4.78 is 15.8. The van der Waals surface area contributed by atoms with E-state index in [9.17, 15) is 9.59 Å². The van der Waals surface area contributed by atoms with Crippen LogP contribution in [0.5, 0.6) is 0 Å². The number of aliphatic hydroxyl groups is 1. The fourth-order valence-corrected chi connectivity index (χ4v) is 1.97. The molecule has 0 aromatic heterocycles. The molecule has 0 radical (unpaired) electrons. The standard InChI is InChI=1S/C12H24O3.C9H18O3.2H2S/c1-9(2)14-10(3)7-8-11(13)15-12(4,5)6;1-7(10)5-6-8(11)12-9(2,3)4;;/h9-10H,7-8H2,1-6H3;7,10H,5-6H2,1-4H3;2*1H2/t10-;7-;;/m00../s1. The quantitative estimate of drug-likeness (QED) is 0.534. The van der Waals surface area contributed by atoms with Gasteiger partial charge in [0.2, 0.25) is 0 Å². The second kappa shape index (κ2) is 17.3. The van der Waals surface area contributed by atoms with E-state index in [-0.39, 0.29) is 63.2 Å². The van der Waals surface area contributed by atoms with Crippen molar-refractivity contribution in [3.63, 3.8) is 0 Å². The average molecular weight is 459 g/mol. The lowest BCUT2D eigenvalue weighted by Gasteiger charge is -2.20. The number of ether oxygens (including phenoxy) is 3. The molecule has 6 nitrogen and oxygen atoms in total. The van der Waals surface area contributed by atoms with E-state index in [2.05, 4.69) is 0 Å². The molecule has 0 heterocycles. The molecular formula is C21H46O6S2. The molecule has 0 aliphatic heterocycles. The molecule has 0 amide bonds. The van der Waals surface area contributed by atoms with E-state index in [4.69, 9.17) is 19.3 Å². The first-order chi connectivity index (χ1) is 12.0. The zero-order valence-corrected chi connectivity index (χ0v) is 22.0. The number of aliphatic hydroxyl groups excluding tert-OH is 1. The van der Waals surface area contributed by atoms with E-state index < -0.39 is 11.7 Å². The highest BCUT2D eigenvalue weighted by molar-refractivity contribution is 7.59. The van der Waals surface area contributed by atoms with Gasteiger partial charge in [-0.2, -0.15) is 27.0 Å². The molecule has 0 unspecified atom stereocenters. The lowest BCUT2D eigenvalue weighted by molar-refractivity contribution is -0.156. The number of carbonyl (C=O) groups is 2. The third-order valence-corrected chi connectivity index (χ3v) is 2.87. The zero-order valence-electron chi connectivity index (χ0n) is 20.0. The summed E-state index contributed by atoms with van der Waals surface area (Å²) in [6, 6.07) is 0. The Morgan fingerprint density at radius 2 is 1.10 bits per heavy atom. The molecule has 1 N–H and O–H groups in total. The van der Waals surface area contributed by atoms with Crippen LogP contribution in [-0.4, -0.2) is 46.6 Å². The first-order valence-corrected chi connectivity index (χ1v) is 9.79. The molecule has 0 rings (SSSR count). The van der Waals surface area contributed by atoms with Crippen molar-refractivity contribution in [3.8, 4) is 0 Å². The predicted molar refractivity (Wildman–Crippen MR) is 128 cm³/mol. The summed E-state index contributed by atoms with van der Waals surface area (Å²) in [6.07, 6.45) is 1.77. The summed E-state index contributed by atoms with van der Waals surface area (Å²) in [5.41, 5.74) is -0.811. The molecule has 0 fully saturated rings. The van der Waals surface area contributed by atoms with Crippen LogP contribution in [0.25, 0.3) is 0 Å². The largest absolute Gasteiger partial charge is 0.460 e. The second-order valence-corrected chi connectivity index (χ2v) is 9.09. The Morgan fingerprint density at radius 1 is 0.759 bits per heavy atom. The maximum absolute atomic E-state index is 11.4. The Kier molecular flexibility index (Phi) is 21.4. The minimum atomic E-state index is -0.433. The monoisotopic (exact) mass is 458 g/mol. The molecule has 0 aliphatic carbocycles. The molecule has 0 aromatic rings. The van der Waals surface area contributed by atoms with E-state index >= 15 is 0 Å². The highest BCUT2D eigenvalue weighted by Crippen LogP contribution is 2.12. The van der Waals surface area contributed by atoms with Gasteiger partial charge in [-0.3, -0.25) is 9.59 Å². The minimum Gasteiger partial charge on any atom is -0.460 e. The molecule has 178 valence electrons. The Morgan fingerprint density at radius 3 is 1.38 bits per heavy atom. The molecule has 0 saturated carbocycles. The van der Waals surface area contributed by atoms with Crippen LogP contribution in [0.4, 0.5) is 0 Å². The van der Waals surface area contributed by atoms with Gasteiger partial charge in [-0.1, -0.05) is 0 Å². The molecule has 0 aromatic carbocycles. The van der Waals surface area contributed by atoms with Crippen LogP contribution < -0.4 is 0 Å². The van der Waals surface area contributed by atoms with Crippen LogP contribution in [0.2, 0.25) is 0 Å². The van der Waals surface area contributed by atoms with E-state index in [1.54, 1.807) is 6.92 Å². The molecule has 0 spiro atoms. The van der Waals surface area contributed by atoms with Gasteiger partial charge < -0.3 is 19.3 Å². The highest BCUT2D eigenvalue weighted by atomic mass is 32.1. The third kappa shape index (κ3) is 32.4. The average Bonchev–Trinajstić information content (AvgIpc) is 2.39. The van der Waals surface area contributed by atoms with Crippen molar-refractivity contribution < 1.29 is 28.9 Å². The van der Waals surface area contributed by atoms with Crippen molar-refractivity contribution in [2.24, 2.45) is 0 Å². The van der Waals surface area contributed by atoms with Crippen molar-refractivity contribution in [2.75, 3.05) is 0 Å². The van der Waals surface area contributed by atoms with Crippen LogP contribution in [0.1, 0.15) is 94.9 Å². The highest BCUT2D eigenvalue weighted by Gasteiger charge is 2.17. The topological polar surface area (TPSA) is 82.1 Å². The molecule has 0 bridgehead atoms. The van der Waals surface area contributed by atoms with Gasteiger partial charge in [-0.05, 0) is 82.1 Å². The van der Waals surface area contributed by atoms with Crippen LogP contribution in [-0.2, 0) is 23.8 Å². The van der Waals surface area contributed by atoms with E-state index in [1.165, 1.54) is 0 Å². The van der Waals surface area contributed by atoms with Gasteiger partial charge >= 0.3 is 11.9 Å². The minimum absolute atomic E-state index is 0. The number of esters is 2. The van der Waals surface area contributed by atoms with E-state index in [0.717, 1.165) is 0 Å². The van der Waals surface area contributed by atoms with Crippen LogP contribution in [0, 0.1) is 0 Å². The van der Waals surface area contributed by atoms with Gasteiger partial charge in [0.15, 0.2) is 0 Å². The van der Waals surface area contributed by atoms with Crippen molar-refractivity contribution >= 4 is 38.9 Å². The van der Waals surface area contributed by atoms with Crippen molar-refractivity contribution in [1.29, 1.82) is 0 Å². The Balaban J connectivity index is -0.000000206. The normalized spacial score (nSPS) is 13.1. The first-order valence-electron chi connectivity index (χ1n) is 9.79. The lowest BCUT2D eigenvalue weighted by Crippen LogP contribution is -2.25. The molecule has 8 heteroatoms. The van der Waals surface area contributed by atoms with Crippen LogP contribution >= 0.6 is 27.0 Å². The fourth-order valence-electron chi connectivity index (χ4n) is 1.97. The van der Waals surface area contributed by atoms with Gasteiger partial charge in [0.25, 0.3) is 0 Å². The number of rotatable bonds is 8. The van der Waals surface area contributed by atoms with Crippen molar-refractivity contribution in [3.05, 3.63) is 0 Å². The predicted octanol–water partition coefficient (Wildman–Crippen LogP) is 4.64. The summed E-state index contributed by atoms with van der Waals surface area (Å²) in [4.78, 5) is 22.4. The summed E-state index contributed by atoms with van der Waals surface area (Å²) in [6.45, 7) is 18.7. The molecular weight excluding hydrogens is 412 g/mol. The second-order valence-electron chi connectivity index (χ2n) is 9.09. The number of carbonyl (C=O) groups excluding carboxylic acids is 2. The molecule has 2 atom stereocenters. The lowest BCUT2D eigenvalue weighted by atomic mass is 10.2. The van der Waals surface area contributed by atoms with Gasteiger partial charge in [0, 0.05) is 12.8 Å². The Bertz CT molecular complexity index is 426. The smallest absolute Gasteiger partial charge is 0.306 e. The van der Waals surface area contributed by atoms with Gasteiger partial charge in [-0.15, -0.1) is 0 Å².